The lowest BCUT2D eigenvalue weighted by Gasteiger charge is -2.06. The number of nitrogens with one attached hydrogen (secondary N) is 2. The number of hydrogen-bond donors (Lipinski definition) is 2. The second-order valence-electron chi connectivity index (χ2n) is 5.74. The van der Waals surface area contributed by atoms with Gasteiger partial charge in [0.2, 0.25) is 5.13 Å². The van der Waals surface area contributed by atoms with Crippen molar-refractivity contribution in [3.05, 3.63) is 62.6 Å². The maximum atomic E-state index is 12.0. The number of hydrogen-bond acceptors (Lipinski definition) is 5. The number of aromatic nitrogens is 2. The standard InChI is InChI=1S/C18H16Cl2N4O2S/c1-10-3-5-13(7-11(10)2)26-9-16-23-24-18(27-16)22-17(25)21-12-4-6-14(19)15(20)8-12/h3-8H,9H2,1-2H3,(H2,21,22,24,25). The number of rotatable bonds is 5. The number of amides is 2. The maximum absolute atomic E-state index is 12.0. The van der Waals surface area contributed by atoms with Crippen LogP contribution >= 0.6 is 34.5 Å². The Balaban J connectivity index is 1.54. The molecule has 2 aromatic carbocycles. The lowest BCUT2D eigenvalue weighted by Crippen LogP contribution is -2.19. The van der Waals surface area contributed by atoms with Gasteiger partial charge in [0, 0.05) is 5.69 Å². The first-order chi connectivity index (χ1) is 12.9. The van der Waals surface area contributed by atoms with E-state index in [0.29, 0.717) is 25.9 Å². The number of benzene rings is 2. The molecule has 0 aliphatic heterocycles. The van der Waals surface area contributed by atoms with Gasteiger partial charge in [0.1, 0.15) is 12.4 Å². The Morgan fingerprint density at radius 1 is 1.04 bits per heavy atom. The number of urea groups is 1. The lowest BCUT2D eigenvalue weighted by molar-refractivity contribution is 0.262. The topological polar surface area (TPSA) is 76.1 Å². The van der Waals surface area contributed by atoms with Gasteiger partial charge in [0.05, 0.1) is 10.0 Å². The van der Waals surface area contributed by atoms with E-state index < -0.39 is 6.03 Å². The predicted octanol–water partition coefficient (Wildman–Crippen LogP) is 5.68. The Labute approximate surface area is 170 Å². The van der Waals surface area contributed by atoms with Crippen molar-refractivity contribution in [2.24, 2.45) is 0 Å². The fraction of sp³-hybridized carbons (Fsp3) is 0.167. The highest BCUT2D eigenvalue weighted by Gasteiger charge is 2.10. The molecule has 2 amide bonds. The second kappa shape index (κ2) is 8.56. The van der Waals surface area contributed by atoms with Crippen molar-refractivity contribution in [1.29, 1.82) is 0 Å². The number of aryl methyl sites for hydroxylation is 2. The summed E-state index contributed by atoms with van der Waals surface area (Å²) in [5.41, 5.74) is 2.88. The Morgan fingerprint density at radius 3 is 2.59 bits per heavy atom. The maximum Gasteiger partial charge on any atom is 0.325 e. The van der Waals surface area contributed by atoms with E-state index in [4.69, 9.17) is 27.9 Å². The highest BCUT2D eigenvalue weighted by Crippen LogP contribution is 2.25. The molecule has 3 aromatic rings. The predicted molar refractivity (Wildman–Crippen MR) is 109 cm³/mol. The molecule has 0 saturated carbocycles. The van der Waals surface area contributed by atoms with Gasteiger partial charge in [-0.15, -0.1) is 10.2 Å². The zero-order chi connectivity index (χ0) is 19.4. The van der Waals surface area contributed by atoms with Crippen molar-refractivity contribution < 1.29 is 9.53 Å². The smallest absolute Gasteiger partial charge is 0.325 e. The van der Waals surface area contributed by atoms with Crippen molar-refractivity contribution in [3.63, 3.8) is 0 Å². The van der Waals surface area contributed by atoms with E-state index >= 15 is 0 Å². The van der Waals surface area contributed by atoms with Crippen LogP contribution in [0.15, 0.2) is 36.4 Å². The molecule has 2 N–H and O–H groups in total. The summed E-state index contributed by atoms with van der Waals surface area (Å²) in [6.07, 6.45) is 0. The monoisotopic (exact) mass is 422 g/mol. The summed E-state index contributed by atoms with van der Waals surface area (Å²) in [6.45, 7) is 4.35. The van der Waals surface area contributed by atoms with Crippen LogP contribution in [0.1, 0.15) is 16.1 Å². The van der Waals surface area contributed by atoms with E-state index in [9.17, 15) is 4.79 Å². The normalized spacial score (nSPS) is 10.5. The van der Waals surface area contributed by atoms with Crippen molar-refractivity contribution in [3.8, 4) is 5.75 Å². The average Bonchev–Trinajstić information content (AvgIpc) is 3.06. The number of anilines is 2. The molecule has 140 valence electrons. The Morgan fingerprint density at radius 2 is 1.85 bits per heavy atom. The van der Waals surface area contributed by atoms with Crippen LogP contribution in [0, 0.1) is 13.8 Å². The van der Waals surface area contributed by atoms with Crippen LogP contribution in [0.3, 0.4) is 0 Å². The molecule has 0 atom stereocenters. The van der Waals surface area contributed by atoms with Gasteiger partial charge in [-0.3, -0.25) is 5.32 Å². The van der Waals surface area contributed by atoms with Crippen molar-refractivity contribution in [2.75, 3.05) is 10.6 Å². The van der Waals surface area contributed by atoms with Crippen LogP contribution in [0.25, 0.3) is 0 Å². The van der Waals surface area contributed by atoms with Crippen molar-refractivity contribution in [2.45, 2.75) is 20.5 Å². The minimum atomic E-state index is -0.453. The van der Waals surface area contributed by atoms with E-state index in [0.717, 1.165) is 11.3 Å². The molecule has 0 aliphatic carbocycles. The number of ether oxygens (including phenoxy) is 1. The van der Waals surface area contributed by atoms with Crippen LogP contribution < -0.4 is 15.4 Å². The number of halogens is 2. The number of carbonyl (C=O) groups excluding carboxylic acids is 1. The molecular formula is C18H16Cl2N4O2S. The van der Waals surface area contributed by atoms with Gasteiger partial charge in [0.25, 0.3) is 0 Å². The summed E-state index contributed by atoms with van der Waals surface area (Å²) >= 11 is 13.0. The third kappa shape index (κ3) is 5.32. The fourth-order valence-corrected chi connectivity index (χ4v) is 3.09. The minimum absolute atomic E-state index is 0.274. The molecule has 0 aliphatic rings. The third-order valence-electron chi connectivity index (χ3n) is 3.71. The molecule has 9 heteroatoms. The molecule has 27 heavy (non-hydrogen) atoms. The number of carbonyl (C=O) groups is 1. The summed E-state index contributed by atoms with van der Waals surface area (Å²) in [5, 5.41) is 15.0. The molecule has 0 saturated heterocycles. The van der Waals surface area contributed by atoms with Gasteiger partial charge in [-0.2, -0.15) is 0 Å². The van der Waals surface area contributed by atoms with E-state index in [1.807, 2.05) is 32.0 Å². The Kier molecular flexibility index (Phi) is 6.15. The quantitative estimate of drug-likeness (QED) is 0.553. The van der Waals surface area contributed by atoms with Gasteiger partial charge in [-0.05, 0) is 55.3 Å². The van der Waals surface area contributed by atoms with Crippen LogP contribution in [0.2, 0.25) is 10.0 Å². The number of nitrogens with zero attached hydrogens (tertiary/aromatic N) is 2. The Hall–Kier alpha value is -2.35. The van der Waals surface area contributed by atoms with Gasteiger partial charge in [-0.1, -0.05) is 40.6 Å². The molecule has 0 radical (unpaired) electrons. The summed E-state index contributed by atoms with van der Waals surface area (Å²) in [4.78, 5) is 12.0. The van der Waals surface area contributed by atoms with Crippen LogP contribution in [-0.4, -0.2) is 16.2 Å². The van der Waals surface area contributed by atoms with Crippen molar-refractivity contribution in [1.82, 2.24) is 10.2 Å². The minimum Gasteiger partial charge on any atom is -0.486 e. The summed E-state index contributed by atoms with van der Waals surface area (Å²) < 4.78 is 5.72. The summed E-state index contributed by atoms with van der Waals surface area (Å²) in [7, 11) is 0. The molecule has 0 spiro atoms. The second-order valence-corrected chi connectivity index (χ2v) is 7.62. The van der Waals surface area contributed by atoms with E-state index in [1.165, 1.54) is 16.9 Å². The van der Waals surface area contributed by atoms with Gasteiger partial charge < -0.3 is 10.1 Å². The molecule has 0 unspecified atom stereocenters. The Bertz CT molecular complexity index is 978. The first-order valence-electron chi connectivity index (χ1n) is 7.96. The van der Waals surface area contributed by atoms with E-state index in [-0.39, 0.29) is 6.61 Å². The zero-order valence-electron chi connectivity index (χ0n) is 14.5. The largest absolute Gasteiger partial charge is 0.486 e. The molecule has 1 aromatic heterocycles. The molecule has 0 fully saturated rings. The van der Waals surface area contributed by atoms with E-state index in [1.54, 1.807) is 18.2 Å². The molecule has 0 bridgehead atoms. The van der Waals surface area contributed by atoms with Crippen LogP contribution in [0.4, 0.5) is 15.6 Å². The first-order valence-corrected chi connectivity index (χ1v) is 9.53. The highest BCUT2D eigenvalue weighted by atomic mass is 35.5. The molecule has 6 nitrogen and oxygen atoms in total. The van der Waals surface area contributed by atoms with Crippen LogP contribution in [-0.2, 0) is 6.61 Å². The van der Waals surface area contributed by atoms with Gasteiger partial charge >= 0.3 is 6.03 Å². The fourth-order valence-electron chi connectivity index (χ4n) is 2.14. The lowest BCUT2D eigenvalue weighted by atomic mass is 10.1. The SMILES string of the molecule is Cc1ccc(OCc2nnc(NC(=O)Nc3ccc(Cl)c(Cl)c3)s2)cc1C. The average molecular weight is 423 g/mol. The highest BCUT2D eigenvalue weighted by molar-refractivity contribution is 7.15. The zero-order valence-corrected chi connectivity index (χ0v) is 16.9. The van der Waals surface area contributed by atoms with Gasteiger partial charge in [-0.25, -0.2) is 4.79 Å². The first kappa shape index (κ1) is 19.4. The van der Waals surface area contributed by atoms with Crippen molar-refractivity contribution >= 4 is 51.4 Å². The molecule has 3 rings (SSSR count). The summed E-state index contributed by atoms with van der Waals surface area (Å²) in [5.74, 6) is 0.764. The van der Waals surface area contributed by atoms with Gasteiger partial charge in [0.15, 0.2) is 5.01 Å². The van der Waals surface area contributed by atoms with E-state index in [2.05, 4.69) is 20.8 Å². The van der Waals surface area contributed by atoms with Crippen LogP contribution in [0.5, 0.6) is 5.75 Å². The summed E-state index contributed by atoms with van der Waals surface area (Å²) in [6, 6.07) is 10.3. The third-order valence-corrected chi connectivity index (χ3v) is 5.26. The molecule has 1 heterocycles. The molecular weight excluding hydrogens is 407 g/mol.